The molecule has 0 aromatic heterocycles. The molecule has 32 heavy (non-hydrogen) atoms. The zero-order valence-electron chi connectivity index (χ0n) is 17.2. The highest BCUT2D eigenvalue weighted by Gasteiger charge is 2.21. The molecule has 0 spiro atoms. The van der Waals surface area contributed by atoms with Crippen LogP contribution in [0.25, 0.3) is 0 Å². The van der Waals surface area contributed by atoms with Gasteiger partial charge in [0.1, 0.15) is 11.6 Å². The van der Waals surface area contributed by atoms with Crippen LogP contribution in [0.4, 0.5) is 30.6 Å². The van der Waals surface area contributed by atoms with Gasteiger partial charge < -0.3 is 20.4 Å². The summed E-state index contributed by atoms with van der Waals surface area (Å²) < 4.78 is 26.4. The maximum absolute atomic E-state index is 13.3. The Hall–Kier alpha value is -3.94. The smallest absolute Gasteiger partial charge is 0.321 e. The first-order valence-corrected chi connectivity index (χ1v) is 10.2. The van der Waals surface area contributed by atoms with Crippen molar-refractivity contribution in [1.82, 2.24) is 4.90 Å². The van der Waals surface area contributed by atoms with E-state index in [-0.39, 0.29) is 11.8 Å². The van der Waals surface area contributed by atoms with Crippen LogP contribution < -0.4 is 15.5 Å². The molecule has 1 aliphatic heterocycles. The van der Waals surface area contributed by atoms with E-state index in [2.05, 4.69) is 15.5 Å². The molecule has 2 N–H and O–H groups in total. The summed E-state index contributed by atoms with van der Waals surface area (Å²) in [4.78, 5) is 28.9. The van der Waals surface area contributed by atoms with Crippen LogP contribution in [0.15, 0.2) is 72.8 Å². The molecule has 0 radical (unpaired) electrons. The van der Waals surface area contributed by atoms with E-state index in [1.165, 1.54) is 30.3 Å². The third kappa shape index (κ3) is 5.21. The van der Waals surface area contributed by atoms with E-state index in [9.17, 15) is 18.4 Å². The summed E-state index contributed by atoms with van der Waals surface area (Å²) in [5, 5.41) is 5.46. The van der Waals surface area contributed by atoms with Gasteiger partial charge in [-0.2, -0.15) is 0 Å². The van der Waals surface area contributed by atoms with Crippen molar-refractivity contribution in [3.63, 3.8) is 0 Å². The minimum Gasteiger partial charge on any atom is -0.368 e. The summed E-state index contributed by atoms with van der Waals surface area (Å²) in [6, 6.07) is 18.2. The molecule has 4 rings (SSSR count). The Morgan fingerprint density at radius 3 is 2.06 bits per heavy atom. The first-order valence-electron chi connectivity index (χ1n) is 10.2. The van der Waals surface area contributed by atoms with Crippen LogP contribution in [0.5, 0.6) is 0 Å². The molecule has 1 saturated heterocycles. The lowest BCUT2D eigenvalue weighted by Crippen LogP contribution is -2.50. The number of benzene rings is 3. The Labute approximate surface area is 184 Å². The minimum absolute atomic E-state index is 0.258. The normalized spacial score (nSPS) is 13.6. The summed E-state index contributed by atoms with van der Waals surface area (Å²) in [5.41, 5.74) is 2.10. The third-order valence-corrected chi connectivity index (χ3v) is 5.22. The number of urea groups is 1. The SMILES string of the molecule is O=C(Nc1cccc(F)c1)c1cccc(NC(=O)N2CCN(c3ccc(F)cc3)CC2)c1. The van der Waals surface area contributed by atoms with E-state index in [1.54, 1.807) is 47.4 Å². The van der Waals surface area contributed by atoms with Gasteiger partial charge in [-0.15, -0.1) is 0 Å². The molecular weight excluding hydrogens is 414 g/mol. The zero-order chi connectivity index (χ0) is 22.5. The number of anilines is 3. The fraction of sp³-hybridized carbons (Fsp3) is 0.167. The summed E-state index contributed by atoms with van der Waals surface area (Å²) in [7, 11) is 0. The number of carbonyl (C=O) groups is 2. The van der Waals surface area contributed by atoms with Gasteiger partial charge in [0.2, 0.25) is 0 Å². The van der Waals surface area contributed by atoms with Crippen molar-refractivity contribution in [3.05, 3.63) is 90.0 Å². The summed E-state index contributed by atoms with van der Waals surface area (Å²) in [6.07, 6.45) is 0. The second kappa shape index (κ2) is 9.47. The van der Waals surface area contributed by atoms with E-state index in [1.807, 2.05) is 0 Å². The fourth-order valence-electron chi connectivity index (χ4n) is 3.53. The number of nitrogens with one attached hydrogen (secondary N) is 2. The minimum atomic E-state index is -0.441. The molecule has 164 valence electrons. The first kappa shape index (κ1) is 21.3. The van der Waals surface area contributed by atoms with Crippen LogP contribution in [-0.2, 0) is 0 Å². The van der Waals surface area contributed by atoms with Crippen molar-refractivity contribution in [1.29, 1.82) is 0 Å². The van der Waals surface area contributed by atoms with Crippen molar-refractivity contribution in [2.75, 3.05) is 41.7 Å². The number of rotatable bonds is 4. The molecule has 0 saturated carbocycles. The summed E-state index contributed by atoms with van der Waals surface area (Å²) >= 11 is 0. The number of halogens is 2. The maximum Gasteiger partial charge on any atom is 0.321 e. The highest BCUT2D eigenvalue weighted by Crippen LogP contribution is 2.18. The van der Waals surface area contributed by atoms with Crippen LogP contribution in [0, 0.1) is 11.6 Å². The average Bonchev–Trinajstić information content (AvgIpc) is 2.80. The molecule has 1 aliphatic rings. The Morgan fingerprint density at radius 2 is 1.38 bits per heavy atom. The van der Waals surface area contributed by atoms with E-state index < -0.39 is 11.7 Å². The lowest BCUT2D eigenvalue weighted by atomic mass is 10.2. The molecule has 6 nitrogen and oxygen atoms in total. The molecular formula is C24H22F2N4O2. The quantitative estimate of drug-likeness (QED) is 0.630. The molecule has 3 aromatic carbocycles. The number of piperazine rings is 1. The molecule has 0 atom stereocenters. The highest BCUT2D eigenvalue weighted by molar-refractivity contribution is 6.05. The molecule has 0 unspecified atom stereocenters. The Kier molecular flexibility index (Phi) is 6.30. The van der Waals surface area contributed by atoms with Gasteiger partial charge in [0.15, 0.2) is 0 Å². The first-order chi connectivity index (χ1) is 15.5. The van der Waals surface area contributed by atoms with Gasteiger partial charge in [-0.1, -0.05) is 12.1 Å². The van der Waals surface area contributed by atoms with Gasteiger partial charge in [-0.3, -0.25) is 4.79 Å². The Balaban J connectivity index is 1.33. The lowest BCUT2D eigenvalue weighted by molar-refractivity contribution is 0.102. The van der Waals surface area contributed by atoms with Crippen LogP contribution >= 0.6 is 0 Å². The molecule has 1 fully saturated rings. The van der Waals surface area contributed by atoms with Crippen molar-refractivity contribution in [2.24, 2.45) is 0 Å². The van der Waals surface area contributed by atoms with Gasteiger partial charge in [0.05, 0.1) is 0 Å². The summed E-state index contributed by atoms with van der Waals surface area (Å²) in [6.45, 7) is 2.30. The molecule has 8 heteroatoms. The van der Waals surface area contributed by atoms with Gasteiger partial charge in [-0.25, -0.2) is 13.6 Å². The van der Waals surface area contributed by atoms with Crippen molar-refractivity contribution >= 4 is 29.0 Å². The second-order valence-electron chi connectivity index (χ2n) is 7.43. The van der Waals surface area contributed by atoms with Crippen molar-refractivity contribution in [2.45, 2.75) is 0 Å². The van der Waals surface area contributed by atoms with Gasteiger partial charge in [0, 0.05) is 48.8 Å². The van der Waals surface area contributed by atoms with E-state index in [0.717, 1.165) is 5.69 Å². The van der Waals surface area contributed by atoms with Crippen LogP contribution in [-0.4, -0.2) is 43.0 Å². The molecule has 3 aromatic rings. The fourth-order valence-corrected chi connectivity index (χ4v) is 3.53. The summed E-state index contributed by atoms with van der Waals surface area (Å²) in [5.74, 6) is -1.12. The van der Waals surface area contributed by atoms with Gasteiger partial charge in [0.25, 0.3) is 5.91 Å². The predicted octanol–water partition coefficient (Wildman–Crippen LogP) is 4.57. The van der Waals surface area contributed by atoms with Crippen molar-refractivity contribution < 1.29 is 18.4 Å². The van der Waals surface area contributed by atoms with E-state index in [0.29, 0.717) is 43.1 Å². The number of amides is 3. The topological polar surface area (TPSA) is 64.7 Å². The largest absolute Gasteiger partial charge is 0.368 e. The van der Waals surface area contributed by atoms with E-state index in [4.69, 9.17) is 0 Å². The van der Waals surface area contributed by atoms with E-state index >= 15 is 0 Å². The number of hydrogen-bond acceptors (Lipinski definition) is 3. The van der Waals surface area contributed by atoms with Crippen molar-refractivity contribution in [3.8, 4) is 0 Å². The second-order valence-corrected chi connectivity index (χ2v) is 7.43. The zero-order valence-corrected chi connectivity index (χ0v) is 17.2. The van der Waals surface area contributed by atoms with Gasteiger partial charge >= 0.3 is 6.03 Å². The lowest BCUT2D eigenvalue weighted by Gasteiger charge is -2.36. The number of nitrogens with zero attached hydrogens (tertiary/aromatic N) is 2. The molecule has 1 heterocycles. The molecule has 0 bridgehead atoms. The van der Waals surface area contributed by atoms with Crippen LogP contribution in [0.3, 0.4) is 0 Å². The Morgan fingerprint density at radius 1 is 0.719 bits per heavy atom. The van der Waals surface area contributed by atoms with Crippen LogP contribution in [0.1, 0.15) is 10.4 Å². The average molecular weight is 436 g/mol. The monoisotopic (exact) mass is 436 g/mol. The molecule has 3 amide bonds. The Bertz CT molecular complexity index is 1110. The van der Waals surface area contributed by atoms with Crippen LogP contribution in [0.2, 0.25) is 0 Å². The number of hydrogen-bond donors (Lipinski definition) is 2. The number of carbonyl (C=O) groups excluding carboxylic acids is 2. The standard InChI is InChI=1S/C24H22F2N4O2/c25-18-7-9-22(10-8-18)29-11-13-30(14-12-29)24(32)28-20-5-1-3-17(15-20)23(31)27-21-6-2-4-19(26)16-21/h1-10,15-16H,11-14H2,(H,27,31)(H,28,32). The highest BCUT2D eigenvalue weighted by atomic mass is 19.1. The third-order valence-electron chi connectivity index (χ3n) is 5.22. The maximum atomic E-state index is 13.3. The molecule has 0 aliphatic carbocycles. The predicted molar refractivity (Wildman–Crippen MR) is 120 cm³/mol. The van der Waals surface area contributed by atoms with Gasteiger partial charge in [-0.05, 0) is 60.7 Å².